The van der Waals surface area contributed by atoms with E-state index in [0.29, 0.717) is 20.1 Å². The molecule has 146 valence electrons. The van der Waals surface area contributed by atoms with Crippen molar-refractivity contribution >= 4 is 50.2 Å². The van der Waals surface area contributed by atoms with E-state index in [0.717, 1.165) is 48.1 Å². The first kappa shape index (κ1) is 20.8. The van der Waals surface area contributed by atoms with Crippen LogP contribution in [0.3, 0.4) is 0 Å². The second kappa shape index (κ2) is 7.82. The van der Waals surface area contributed by atoms with Crippen molar-refractivity contribution in [2.45, 2.75) is 50.8 Å². The monoisotopic (exact) mass is 445 g/mol. The first-order chi connectivity index (χ1) is 12.6. The minimum absolute atomic E-state index is 0.356. The highest BCUT2D eigenvalue weighted by atomic mass is 35.5. The molecule has 0 radical (unpaired) electrons. The number of rotatable bonds is 5. The van der Waals surface area contributed by atoms with Crippen LogP contribution in [0.2, 0.25) is 15.2 Å². The molecule has 3 rings (SSSR count). The van der Waals surface area contributed by atoms with Gasteiger partial charge in [-0.25, -0.2) is 8.42 Å². The number of sulfone groups is 1. The van der Waals surface area contributed by atoms with Crippen LogP contribution in [-0.2, 0) is 16.3 Å². The highest BCUT2D eigenvalue weighted by Crippen LogP contribution is 2.42. The summed E-state index contributed by atoms with van der Waals surface area (Å²) in [6.45, 7) is 3.69. The maximum Gasteiger partial charge on any atom is 0.176 e. The molecule has 1 aliphatic carbocycles. The van der Waals surface area contributed by atoms with Crippen molar-refractivity contribution in [2.24, 2.45) is 0 Å². The standard InChI is InChI=1S/C20H22Cl3NO2S/c1-11-9-13(10-12(2)19(11)27(3,25)26)7-8-15(14-5-4-6-14)18-16(21)17(22)20(23)24-18/h9-10,24H,4-8H2,1-3H3. The molecule has 1 aromatic carbocycles. The molecule has 1 saturated carbocycles. The van der Waals surface area contributed by atoms with Gasteiger partial charge in [-0.2, -0.15) is 0 Å². The predicted octanol–water partition coefficient (Wildman–Crippen LogP) is 6.57. The fourth-order valence-electron chi connectivity index (χ4n) is 3.81. The zero-order valence-corrected chi connectivity index (χ0v) is 18.6. The van der Waals surface area contributed by atoms with Crippen molar-refractivity contribution < 1.29 is 8.42 Å². The van der Waals surface area contributed by atoms with Crippen LogP contribution in [0, 0.1) is 13.8 Å². The Morgan fingerprint density at radius 3 is 2.07 bits per heavy atom. The molecule has 0 atom stereocenters. The second-order valence-electron chi connectivity index (χ2n) is 7.21. The first-order valence-electron chi connectivity index (χ1n) is 8.83. The van der Waals surface area contributed by atoms with Crippen LogP contribution in [0.4, 0.5) is 0 Å². The van der Waals surface area contributed by atoms with Crippen LogP contribution in [0.1, 0.15) is 48.1 Å². The number of benzene rings is 1. The molecule has 0 unspecified atom stereocenters. The molecule has 3 nitrogen and oxygen atoms in total. The lowest BCUT2D eigenvalue weighted by molar-refractivity contribution is 0.600. The number of nitrogens with one attached hydrogen (secondary N) is 1. The average Bonchev–Trinajstić information content (AvgIpc) is 2.75. The van der Waals surface area contributed by atoms with Gasteiger partial charge < -0.3 is 4.98 Å². The van der Waals surface area contributed by atoms with E-state index in [2.05, 4.69) is 4.98 Å². The molecular formula is C20H22Cl3NO2S. The number of allylic oxidation sites excluding steroid dienone is 2. The SMILES string of the molecule is Cc1cc(CCC(=C2CCC2)c2[nH]c(Cl)c(Cl)c2Cl)cc(C)c1S(C)(=O)=O. The summed E-state index contributed by atoms with van der Waals surface area (Å²) in [6.07, 6.45) is 6.13. The third-order valence-corrected chi connectivity index (χ3v) is 7.70. The van der Waals surface area contributed by atoms with Crippen molar-refractivity contribution in [1.29, 1.82) is 0 Å². The molecule has 1 fully saturated rings. The molecule has 1 heterocycles. The third-order valence-electron chi connectivity index (χ3n) is 5.08. The maximum absolute atomic E-state index is 12.0. The fourth-order valence-corrected chi connectivity index (χ4v) is 5.73. The van der Waals surface area contributed by atoms with Crippen LogP contribution >= 0.6 is 34.8 Å². The molecule has 1 aliphatic rings. The Labute approximate surface area is 175 Å². The summed E-state index contributed by atoms with van der Waals surface area (Å²) in [5.41, 5.74) is 6.04. The summed E-state index contributed by atoms with van der Waals surface area (Å²) in [6, 6.07) is 3.92. The highest BCUT2D eigenvalue weighted by Gasteiger charge is 2.22. The zero-order valence-electron chi connectivity index (χ0n) is 15.5. The van der Waals surface area contributed by atoms with E-state index in [4.69, 9.17) is 34.8 Å². The van der Waals surface area contributed by atoms with Crippen molar-refractivity contribution in [3.05, 3.63) is 55.3 Å². The van der Waals surface area contributed by atoms with Crippen molar-refractivity contribution in [2.75, 3.05) is 6.26 Å². The molecule has 0 bridgehead atoms. The molecule has 1 aromatic heterocycles. The number of H-pyrrole nitrogens is 1. The summed E-state index contributed by atoms with van der Waals surface area (Å²) in [5.74, 6) is 0. The Bertz CT molecular complexity index is 1010. The van der Waals surface area contributed by atoms with Gasteiger partial charge in [-0.05, 0) is 68.2 Å². The van der Waals surface area contributed by atoms with Gasteiger partial charge in [0, 0.05) is 6.26 Å². The molecule has 1 N–H and O–H groups in total. The summed E-state index contributed by atoms with van der Waals surface area (Å²) < 4.78 is 24.0. The summed E-state index contributed by atoms with van der Waals surface area (Å²) >= 11 is 18.7. The van der Waals surface area contributed by atoms with E-state index in [9.17, 15) is 8.42 Å². The normalized spacial score (nSPS) is 14.4. The van der Waals surface area contributed by atoms with Gasteiger partial charge in [0.05, 0.1) is 20.6 Å². The van der Waals surface area contributed by atoms with Crippen LogP contribution in [0.25, 0.3) is 5.57 Å². The Morgan fingerprint density at radius 1 is 1.07 bits per heavy atom. The number of aryl methyl sites for hydroxylation is 3. The van der Waals surface area contributed by atoms with Gasteiger partial charge in [-0.3, -0.25) is 0 Å². The maximum atomic E-state index is 12.0. The largest absolute Gasteiger partial charge is 0.343 e. The average molecular weight is 447 g/mol. The number of hydrogen-bond acceptors (Lipinski definition) is 2. The number of hydrogen-bond donors (Lipinski definition) is 1. The molecule has 0 saturated heterocycles. The fraction of sp³-hybridized carbons (Fsp3) is 0.400. The topological polar surface area (TPSA) is 49.9 Å². The Morgan fingerprint density at radius 2 is 1.67 bits per heavy atom. The van der Waals surface area contributed by atoms with Crippen molar-refractivity contribution in [3.8, 4) is 0 Å². The molecule has 0 aliphatic heterocycles. The van der Waals surface area contributed by atoms with Crippen LogP contribution in [0.5, 0.6) is 0 Å². The van der Waals surface area contributed by atoms with Gasteiger partial charge in [0.2, 0.25) is 0 Å². The van der Waals surface area contributed by atoms with Gasteiger partial charge in [-0.15, -0.1) is 0 Å². The minimum Gasteiger partial charge on any atom is -0.343 e. The van der Waals surface area contributed by atoms with Gasteiger partial charge in [0.25, 0.3) is 0 Å². The lowest BCUT2D eigenvalue weighted by Crippen LogP contribution is -2.06. The van der Waals surface area contributed by atoms with E-state index < -0.39 is 9.84 Å². The number of aromatic nitrogens is 1. The van der Waals surface area contributed by atoms with Gasteiger partial charge in [0.1, 0.15) is 5.15 Å². The lowest BCUT2D eigenvalue weighted by Gasteiger charge is -2.22. The molecule has 27 heavy (non-hydrogen) atoms. The molecule has 0 amide bonds. The van der Waals surface area contributed by atoms with E-state index >= 15 is 0 Å². The highest BCUT2D eigenvalue weighted by molar-refractivity contribution is 7.90. The molecule has 2 aromatic rings. The summed E-state index contributed by atoms with van der Waals surface area (Å²) in [7, 11) is -3.23. The van der Waals surface area contributed by atoms with Crippen LogP contribution in [-0.4, -0.2) is 19.7 Å². The zero-order chi connectivity index (χ0) is 19.9. The molecular weight excluding hydrogens is 425 g/mol. The number of halogens is 3. The molecule has 0 spiro atoms. The smallest absolute Gasteiger partial charge is 0.176 e. The summed E-state index contributed by atoms with van der Waals surface area (Å²) in [4.78, 5) is 3.54. The van der Waals surface area contributed by atoms with E-state index in [1.54, 1.807) is 0 Å². The van der Waals surface area contributed by atoms with E-state index in [1.165, 1.54) is 23.8 Å². The Balaban J connectivity index is 1.91. The van der Waals surface area contributed by atoms with Crippen molar-refractivity contribution in [3.63, 3.8) is 0 Å². The molecule has 7 heteroatoms. The first-order valence-corrected chi connectivity index (χ1v) is 11.9. The predicted molar refractivity (Wildman–Crippen MR) is 114 cm³/mol. The van der Waals surface area contributed by atoms with Gasteiger partial charge >= 0.3 is 0 Å². The minimum atomic E-state index is -3.23. The quantitative estimate of drug-likeness (QED) is 0.565. The third kappa shape index (κ3) is 4.24. The second-order valence-corrected chi connectivity index (χ2v) is 10.3. The lowest BCUT2D eigenvalue weighted by atomic mass is 9.84. The van der Waals surface area contributed by atoms with Gasteiger partial charge in [0.15, 0.2) is 9.84 Å². The van der Waals surface area contributed by atoms with Crippen LogP contribution in [0.15, 0.2) is 22.6 Å². The Hall–Kier alpha value is -0.940. The summed E-state index contributed by atoms with van der Waals surface area (Å²) in [5, 5.41) is 1.18. The number of aromatic amines is 1. The van der Waals surface area contributed by atoms with Crippen LogP contribution < -0.4 is 0 Å². The van der Waals surface area contributed by atoms with Crippen molar-refractivity contribution in [1.82, 2.24) is 4.98 Å². The van der Waals surface area contributed by atoms with E-state index in [1.807, 2.05) is 26.0 Å². The van der Waals surface area contributed by atoms with E-state index in [-0.39, 0.29) is 0 Å². The van der Waals surface area contributed by atoms with Gasteiger partial charge in [-0.1, -0.05) is 52.5 Å². The Kier molecular flexibility index (Phi) is 6.02.